The fourth-order valence-electron chi connectivity index (χ4n) is 2.10. The number of nitrogens with zero attached hydrogens (tertiary/aromatic N) is 2. The first-order valence-electron chi connectivity index (χ1n) is 5.79. The minimum absolute atomic E-state index is 0.213. The second-order valence-corrected chi connectivity index (χ2v) is 5.35. The summed E-state index contributed by atoms with van der Waals surface area (Å²) in [6.07, 6.45) is 3.46. The van der Waals surface area contributed by atoms with Crippen molar-refractivity contribution in [1.29, 1.82) is 0 Å². The highest BCUT2D eigenvalue weighted by Crippen LogP contribution is 2.33. The number of benzene rings is 1. The molecule has 3 aromatic heterocycles. The number of imidazole rings is 1. The minimum atomic E-state index is -0.213. The van der Waals surface area contributed by atoms with Gasteiger partial charge in [-0.3, -0.25) is 4.98 Å². The number of halogens is 1. The third-order valence-electron chi connectivity index (χ3n) is 3.00. The standard InChI is InChI=1S/C14H8FN3S/c15-9-2-1-8-5-13(19-12(8)6-9)14-17-10-3-4-16-7-11(10)18-14/h1-7H,(H,17,18). The van der Waals surface area contributed by atoms with Gasteiger partial charge in [0.25, 0.3) is 0 Å². The van der Waals surface area contributed by atoms with Crippen LogP contribution >= 0.6 is 11.3 Å². The van der Waals surface area contributed by atoms with Crippen molar-refractivity contribution in [3.8, 4) is 10.7 Å². The van der Waals surface area contributed by atoms with Crippen LogP contribution in [0.5, 0.6) is 0 Å². The largest absolute Gasteiger partial charge is 0.336 e. The number of aromatic nitrogens is 3. The molecular weight excluding hydrogens is 261 g/mol. The quantitative estimate of drug-likeness (QED) is 0.568. The zero-order valence-electron chi connectivity index (χ0n) is 9.72. The molecule has 1 N–H and O–H groups in total. The number of hydrogen-bond donors (Lipinski definition) is 1. The molecule has 0 radical (unpaired) electrons. The minimum Gasteiger partial charge on any atom is -0.336 e. The summed E-state index contributed by atoms with van der Waals surface area (Å²) in [5, 5.41) is 1.03. The van der Waals surface area contributed by atoms with Crippen LogP contribution in [0, 0.1) is 5.82 Å². The zero-order chi connectivity index (χ0) is 12.8. The topological polar surface area (TPSA) is 41.6 Å². The average molecular weight is 269 g/mol. The number of rotatable bonds is 1. The lowest BCUT2D eigenvalue weighted by molar-refractivity contribution is 0.630. The predicted octanol–water partition coefficient (Wildman–Crippen LogP) is 3.98. The fourth-order valence-corrected chi connectivity index (χ4v) is 3.13. The SMILES string of the molecule is Fc1ccc2cc(-c3nc4ccncc4[nH]3)sc2c1. The molecule has 0 atom stereocenters. The Bertz CT molecular complexity index is 861. The Morgan fingerprint density at radius 2 is 2.11 bits per heavy atom. The Labute approximate surface area is 111 Å². The van der Waals surface area contributed by atoms with Crippen molar-refractivity contribution in [2.24, 2.45) is 0 Å². The summed E-state index contributed by atoms with van der Waals surface area (Å²) in [6, 6.07) is 8.69. The molecule has 0 saturated carbocycles. The molecule has 1 aromatic carbocycles. The van der Waals surface area contributed by atoms with Crippen LogP contribution in [0.4, 0.5) is 4.39 Å². The first-order valence-corrected chi connectivity index (χ1v) is 6.60. The summed E-state index contributed by atoms with van der Waals surface area (Å²) in [4.78, 5) is 12.8. The second kappa shape index (κ2) is 3.86. The summed E-state index contributed by atoms with van der Waals surface area (Å²) in [5.74, 6) is 0.583. The Balaban J connectivity index is 1.93. The fraction of sp³-hybridized carbons (Fsp3) is 0. The molecule has 0 bridgehead atoms. The van der Waals surface area contributed by atoms with Gasteiger partial charge in [-0.1, -0.05) is 6.07 Å². The highest BCUT2D eigenvalue weighted by Gasteiger charge is 2.09. The number of thiophene rings is 1. The molecule has 0 saturated heterocycles. The molecule has 19 heavy (non-hydrogen) atoms. The van der Waals surface area contributed by atoms with E-state index in [4.69, 9.17) is 0 Å². The summed E-state index contributed by atoms with van der Waals surface area (Å²) in [6.45, 7) is 0. The van der Waals surface area contributed by atoms with E-state index in [1.54, 1.807) is 24.5 Å². The molecule has 3 nitrogen and oxygen atoms in total. The molecule has 4 aromatic rings. The smallest absolute Gasteiger partial charge is 0.148 e. The number of nitrogens with one attached hydrogen (secondary N) is 1. The van der Waals surface area contributed by atoms with Crippen LogP contribution in [0.25, 0.3) is 31.8 Å². The molecule has 0 amide bonds. The molecule has 0 unspecified atom stereocenters. The number of aromatic amines is 1. The molecule has 4 rings (SSSR count). The van der Waals surface area contributed by atoms with Gasteiger partial charge in [0, 0.05) is 10.9 Å². The Morgan fingerprint density at radius 3 is 3.00 bits per heavy atom. The second-order valence-electron chi connectivity index (χ2n) is 4.27. The number of hydrogen-bond acceptors (Lipinski definition) is 3. The van der Waals surface area contributed by atoms with Gasteiger partial charge in [-0.25, -0.2) is 9.37 Å². The van der Waals surface area contributed by atoms with Crippen molar-refractivity contribution < 1.29 is 4.39 Å². The van der Waals surface area contributed by atoms with Gasteiger partial charge < -0.3 is 4.98 Å². The molecular formula is C14H8FN3S. The van der Waals surface area contributed by atoms with Crippen LogP contribution in [-0.2, 0) is 0 Å². The average Bonchev–Trinajstić information content (AvgIpc) is 3.00. The highest BCUT2D eigenvalue weighted by molar-refractivity contribution is 7.22. The van der Waals surface area contributed by atoms with Gasteiger partial charge in [0.1, 0.15) is 11.6 Å². The van der Waals surface area contributed by atoms with Crippen molar-refractivity contribution in [3.63, 3.8) is 0 Å². The van der Waals surface area contributed by atoms with Crippen LogP contribution in [0.3, 0.4) is 0 Å². The van der Waals surface area contributed by atoms with Gasteiger partial charge in [-0.15, -0.1) is 11.3 Å². The summed E-state index contributed by atoms with van der Waals surface area (Å²) < 4.78 is 14.1. The number of H-pyrrole nitrogens is 1. The molecule has 0 spiro atoms. The van der Waals surface area contributed by atoms with Crippen molar-refractivity contribution in [1.82, 2.24) is 15.0 Å². The van der Waals surface area contributed by atoms with Crippen LogP contribution in [-0.4, -0.2) is 15.0 Å². The van der Waals surface area contributed by atoms with E-state index >= 15 is 0 Å². The highest BCUT2D eigenvalue weighted by atomic mass is 32.1. The summed E-state index contributed by atoms with van der Waals surface area (Å²) >= 11 is 1.53. The van der Waals surface area contributed by atoms with Gasteiger partial charge in [0.05, 0.1) is 22.1 Å². The maximum Gasteiger partial charge on any atom is 0.148 e. The molecule has 0 aliphatic rings. The molecule has 0 aliphatic carbocycles. The Morgan fingerprint density at radius 1 is 1.16 bits per heavy atom. The van der Waals surface area contributed by atoms with Gasteiger partial charge >= 0.3 is 0 Å². The van der Waals surface area contributed by atoms with Crippen LogP contribution < -0.4 is 0 Å². The van der Waals surface area contributed by atoms with E-state index < -0.39 is 0 Å². The number of pyridine rings is 1. The zero-order valence-corrected chi connectivity index (χ0v) is 10.5. The van der Waals surface area contributed by atoms with Crippen molar-refractivity contribution in [2.75, 3.05) is 0 Å². The van der Waals surface area contributed by atoms with Gasteiger partial charge in [-0.2, -0.15) is 0 Å². The molecule has 5 heteroatoms. The van der Waals surface area contributed by atoms with Gasteiger partial charge in [-0.05, 0) is 29.7 Å². The monoisotopic (exact) mass is 269 g/mol. The van der Waals surface area contributed by atoms with E-state index in [9.17, 15) is 4.39 Å². The summed E-state index contributed by atoms with van der Waals surface area (Å²) in [5.41, 5.74) is 1.79. The van der Waals surface area contributed by atoms with Crippen molar-refractivity contribution in [2.45, 2.75) is 0 Å². The van der Waals surface area contributed by atoms with E-state index in [2.05, 4.69) is 15.0 Å². The van der Waals surface area contributed by atoms with E-state index in [1.807, 2.05) is 12.1 Å². The summed E-state index contributed by atoms with van der Waals surface area (Å²) in [7, 11) is 0. The third-order valence-corrected chi connectivity index (χ3v) is 4.10. The van der Waals surface area contributed by atoms with Crippen LogP contribution in [0.2, 0.25) is 0 Å². The van der Waals surface area contributed by atoms with E-state index in [0.29, 0.717) is 0 Å². The Hall–Kier alpha value is -2.27. The van der Waals surface area contributed by atoms with E-state index in [1.165, 1.54) is 17.4 Å². The Kier molecular flexibility index (Phi) is 2.16. The lowest BCUT2D eigenvalue weighted by atomic mass is 10.2. The first kappa shape index (κ1) is 10.6. The third kappa shape index (κ3) is 1.70. The van der Waals surface area contributed by atoms with Crippen molar-refractivity contribution >= 4 is 32.5 Å². The van der Waals surface area contributed by atoms with Crippen LogP contribution in [0.1, 0.15) is 0 Å². The van der Waals surface area contributed by atoms with E-state index in [-0.39, 0.29) is 5.82 Å². The number of fused-ring (bicyclic) bond motifs is 2. The van der Waals surface area contributed by atoms with Crippen LogP contribution in [0.15, 0.2) is 42.7 Å². The predicted molar refractivity (Wildman–Crippen MR) is 74.7 cm³/mol. The first-order chi connectivity index (χ1) is 9.29. The van der Waals surface area contributed by atoms with Gasteiger partial charge in [0.15, 0.2) is 0 Å². The van der Waals surface area contributed by atoms with E-state index in [0.717, 1.165) is 31.8 Å². The molecule has 92 valence electrons. The molecule has 3 heterocycles. The molecule has 0 fully saturated rings. The lowest BCUT2D eigenvalue weighted by Gasteiger charge is -1.87. The maximum atomic E-state index is 13.2. The normalized spacial score (nSPS) is 11.4. The van der Waals surface area contributed by atoms with Gasteiger partial charge in [0.2, 0.25) is 0 Å². The maximum absolute atomic E-state index is 13.2. The lowest BCUT2D eigenvalue weighted by Crippen LogP contribution is -1.72. The molecule has 0 aliphatic heterocycles. The van der Waals surface area contributed by atoms with Crippen molar-refractivity contribution in [3.05, 3.63) is 48.5 Å².